The highest BCUT2D eigenvalue weighted by atomic mass is 15.0. The molecule has 0 radical (unpaired) electrons. The number of pyridine rings is 1. The molecule has 0 unspecified atom stereocenters. The predicted octanol–water partition coefficient (Wildman–Crippen LogP) is 5.52. The minimum Gasteiger partial charge on any atom is -0.340 e. The van der Waals surface area contributed by atoms with E-state index in [4.69, 9.17) is 4.98 Å². The second kappa shape index (κ2) is 4.56. The molecule has 23 heavy (non-hydrogen) atoms. The van der Waals surface area contributed by atoms with Crippen molar-refractivity contribution in [3.8, 4) is 0 Å². The molecule has 0 saturated heterocycles. The summed E-state index contributed by atoms with van der Waals surface area (Å²) in [5.74, 6) is 0. The molecule has 0 fully saturated rings. The van der Waals surface area contributed by atoms with E-state index in [9.17, 15) is 0 Å². The summed E-state index contributed by atoms with van der Waals surface area (Å²) in [6, 6.07) is 21.6. The van der Waals surface area contributed by atoms with Gasteiger partial charge in [0.1, 0.15) is 0 Å². The molecule has 0 aliphatic rings. The second-order valence-electron chi connectivity index (χ2n) is 5.93. The van der Waals surface area contributed by atoms with Gasteiger partial charge in [0.05, 0.1) is 11.0 Å². The van der Waals surface area contributed by atoms with Crippen molar-refractivity contribution in [2.24, 2.45) is 0 Å². The number of aryl methyl sites for hydroxylation is 1. The smallest absolute Gasteiger partial charge is 0.0801 e. The average molecular weight is 296 g/mol. The summed E-state index contributed by atoms with van der Waals surface area (Å²) in [5.41, 5.74) is 3.69. The summed E-state index contributed by atoms with van der Waals surface area (Å²) in [6.45, 7) is 3.16. The van der Waals surface area contributed by atoms with Gasteiger partial charge in [-0.05, 0) is 30.5 Å². The van der Waals surface area contributed by atoms with Crippen molar-refractivity contribution in [1.29, 1.82) is 0 Å². The monoisotopic (exact) mass is 296 g/mol. The fraction of sp³-hybridized carbons (Fsp3) is 0.0952. The molecule has 2 heterocycles. The molecule has 5 rings (SSSR count). The van der Waals surface area contributed by atoms with E-state index in [0.29, 0.717) is 0 Å². The molecule has 2 nitrogen and oxygen atoms in total. The largest absolute Gasteiger partial charge is 0.340 e. The summed E-state index contributed by atoms with van der Waals surface area (Å²) < 4.78 is 2.42. The lowest BCUT2D eigenvalue weighted by molar-refractivity contribution is 0.829. The molecule has 0 bridgehead atoms. The standard InChI is InChI=1S/C21H16N2/c1-2-23-18-12-6-5-10-16(18)19-14-8-3-4-9-15(14)20-17(21(19)23)11-7-13-22-20/h3-13H,2H2,1H3. The first kappa shape index (κ1) is 12.7. The topological polar surface area (TPSA) is 17.8 Å². The zero-order valence-electron chi connectivity index (χ0n) is 13.0. The van der Waals surface area contributed by atoms with Crippen LogP contribution in [0, 0.1) is 0 Å². The Kier molecular flexibility index (Phi) is 2.51. The van der Waals surface area contributed by atoms with Gasteiger partial charge in [0.15, 0.2) is 0 Å². The number of hydrogen-bond donors (Lipinski definition) is 0. The van der Waals surface area contributed by atoms with Crippen molar-refractivity contribution in [3.05, 3.63) is 66.9 Å². The number of fused-ring (bicyclic) bond motifs is 8. The van der Waals surface area contributed by atoms with Crippen molar-refractivity contribution in [1.82, 2.24) is 9.55 Å². The Labute approximate surface area is 134 Å². The van der Waals surface area contributed by atoms with Gasteiger partial charge in [-0.1, -0.05) is 42.5 Å². The van der Waals surface area contributed by atoms with E-state index in [1.807, 2.05) is 12.3 Å². The predicted molar refractivity (Wildman–Crippen MR) is 97.9 cm³/mol. The third-order valence-corrected chi connectivity index (χ3v) is 4.80. The SMILES string of the molecule is CCn1c2ccccc2c2c3ccccc3c3ncccc3c21. The van der Waals surface area contributed by atoms with E-state index in [-0.39, 0.29) is 0 Å². The van der Waals surface area contributed by atoms with E-state index in [1.54, 1.807) is 0 Å². The Morgan fingerprint density at radius 2 is 1.48 bits per heavy atom. The number of aromatic nitrogens is 2. The Morgan fingerprint density at radius 1 is 0.783 bits per heavy atom. The van der Waals surface area contributed by atoms with Crippen molar-refractivity contribution in [2.45, 2.75) is 13.5 Å². The Morgan fingerprint density at radius 3 is 2.30 bits per heavy atom. The zero-order chi connectivity index (χ0) is 15.4. The molecule has 5 aromatic rings. The van der Waals surface area contributed by atoms with Gasteiger partial charge in [-0.15, -0.1) is 0 Å². The van der Waals surface area contributed by atoms with Crippen molar-refractivity contribution in [3.63, 3.8) is 0 Å². The number of rotatable bonds is 1. The van der Waals surface area contributed by atoms with E-state index >= 15 is 0 Å². The average Bonchev–Trinajstić information content (AvgIpc) is 2.97. The minimum atomic E-state index is 0.951. The maximum absolute atomic E-state index is 4.69. The van der Waals surface area contributed by atoms with E-state index < -0.39 is 0 Å². The highest BCUT2D eigenvalue weighted by Crippen LogP contribution is 2.39. The first-order valence-electron chi connectivity index (χ1n) is 8.06. The first-order valence-corrected chi connectivity index (χ1v) is 8.06. The van der Waals surface area contributed by atoms with Gasteiger partial charge < -0.3 is 4.57 Å². The third-order valence-electron chi connectivity index (χ3n) is 4.80. The number of para-hydroxylation sites is 1. The first-order chi connectivity index (χ1) is 11.4. The van der Waals surface area contributed by atoms with Gasteiger partial charge in [0.25, 0.3) is 0 Å². The van der Waals surface area contributed by atoms with Gasteiger partial charge in [0.2, 0.25) is 0 Å². The van der Waals surface area contributed by atoms with Gasteiger partial charge in [0, 0.05) is 39.8 Å². The second-order valence-corrected chi connectivity index (χ2v) is 5.93. The van der Waals surface area contributed by atoms with Crippen molar-refractivity contribution in [2.75, 3.05) is 0 Å². The van der Waals surface area contributed by atoms with Gasteiger partial charge in [-0.2, -0.15) is 0 Å². The highest BCUT2D eigenvalue weighted by Gasteiger charge is 2.16. The lowest BCUT2D eigenvalue weighted by Crippen LogP contribution is -1.94. The molecule has 110 valence electrons. The van der Waals surface area contributed by atoms with Crippen molar-refractivity contribution < 1.29 is 0 Å². The number of hydrogen-bond acceptors (Lipinski definition) is 1. The Hall–Kier alpha value is -2.87. The molecule has 0 aliphatic heterocycles. The Balaban J connectivity index is 2.26. The van der Waals surface area contributed by atoms with Gasteiger partial charge in [-0.25, -0.2) is 0 Å². The fourth-order valence-corrected chi connectivity index (χ4v) is 3.90. The van der Waals surface area contributed by atoms with E-state index in [2.05, 4.69) is 66.1 Å². The van der Waals surface area contributed by atoms with E-state index in [1.165, 1.54) is 38.0 Å². The molecular formula is C21H16N2. The molecule has 2 aromatic heterocycles. The van der Waals surface area contributed by atoms with Crippen LogP contribution in [0.3, 0.4) is 0 Å². The van der Waals surface area contributed by atoms with Crippen LogP contribution in [-0.2, 0) is 6.54 Å². The normalized spacial score (nSPS) is 11.9. The molecule has 3 aromatic carbocycles. The lowest BCUT2D eigenvalue weighted by atomic mass is 10.00. The molecule has 0 aliphatic carbocycles. The van der Waals surface area contributed by atoms with Gasteiger partial charge in [-0.3, -0.25) is 4.98 Å². The molecule has 2 heteroatoms. The Bertz CT molecular complexity index is 1200. The molecule has 0 N–H and O–H groups in total. The molecule has 0 spiro atoms. The van der Waals surface area contributed by atoms with Crippen LogP contribution in [0.5, 0.6) is 0 Å². The van der Waals surface area contributed by atoms with Crippen LogP contribution in [0.25, 0.3) is 43.5 Å². The van der Waals surface area contributed by atoms with Crippen LogP contribution in [0.1, 0.15) is 6.92 Å². The summed E-state index contributed by atoms with van der Waals surface area (Å²) in [5, 5.41) is 6.43. The maximum Gasteiger partial charge on any atom is 0.0801 e. The number of nitrogens with zero attached hydrogens (tertiary/aromatic N) is 2. The highest BCUT2D eigenvalue weighted by molar-refractivity contribution is 6.30. The maximum atomic E-state index is 4.69. The molecule has 0 saturated carbocycles. The van der Waals surface area contributed by atoms with Crippen LogP contribution in [0.4, 0.5) is 0 Å². The van der Waals surface area contributed by atoms with Crippen LogP contribution in [-0.4, -0.2) is 9.55 Å². The summed E-state index contributed by atoms with van der Waals surface area (Å²) in [6.07, 6.45) is 1.89. The van der Waals surface area contributed by atoms with E-state index in [0.717, 1.165) is 12.1 Å². The zero-order valence-corrected chi connectivity index (χ0v) is 13.0. The summed E-state index contributed by atoms with van der Waals surface area (Å²) in [4.78, 5) is 4.69. The van der Waals surface area contributed by atoms with Crippen LogP contribution >= 0.6 is 0 Å². The molecule has 0 atom stereocenters. The van der Waals surface area contributed by atoms with Crippen LogP contribution in [0.15, 0.2) is 66.9 Å². The summed E-state index contributed by atoms with van der Waals surface area (Å²) >= 11 is 0. The van der Waals surface area contributed by atoms with Crippen molar-refractivity contribution >= 4 is 43.5 Å². The quantitative estimate of drug-likeness (QED) is 0.373. The minimum absolute atomic E-state index is 0.951. The van der Waals surface area contributed by atoms with Crippen LogP contribution < -0.4 is 0 Å². The van der Waals surface area contributed by atoms with Gasteiger partial charge >= 0.3 is 0 Å². The summed E-state index contributed by atoms with van der Waals surface area (Å²) in [7, 11) is 0. The third kappa shape index (κ3) is 1.55. The lowest BCUT2D eigenvalue weighted by Gasteiger charge is -2.09. The fourth-order valence-electron chi connectivity index (χ4n) is 3.90. The van der Waals surface area contributed by atoms with Crippen LogP contribution in [0.2, 0.25) is 0 Å². The molecule has 0 amide bonds. The number of benzene rings is 3. The molecular weight excluding hydrogens is 280 g/mol.